The number of benzene rings is 3. The van der Waals surface area contributed by atoms with Gasteiger partial charge in [0.05, 0.1) is 15.7 Å². The molecule has 0 unspecified atom stereocenters. The maximum Gasteiger partial charge on any atom is 0.319 e. The molecule has 0 atom stereocenters. The van der Waals surface area contributed by atoms with Gasteiger partial charge in [0.25, 0.3) is 0 Å². The third-order valence-electron chi connectivity index (χ3n) is 3.56. The highest BCUT2D eigenvalue weighted by Crippen LogP contribution is 2.37. The van der Waals surface area contributed by atoms with Gasteiger partial charge in [-0.05, 0) is 29.8 Å². The zero-order valence-corrected chi connectivity index (χ0v) is 14.0. The number of rotatable bonds is 3. The predicted octanol–water partition coefficient (Wildman–Crippen LogP) is 5.17. The Kier molecular flexibility index (Phi) is 4.79. The van der Waals surface area contributed by atoms with Gasteiger partial charge in [0.15, 0.2) is 0 Å². The summed E-state index contributed by atoms with van der Waals surface area (Å²) < 4.78 is 0. The highest BCUT2D eigenvalue weighted by atomic mass is 35.5. The number of halogens is 2. The summed E-state index contributed by atoms with van der Waals surface area (Å²) in [6.45, 7) is 0.390. The maximum atomic E-state index is 12.2. The molecule has 6 heteroatoms. The second-order valence-corrected chi connectivity index (χ2v) is 6.05. The van der Waals surface area contributed by atoms with Crippen molar-refractivity contribution in [3.8, 4) is 5.75 Å². The molecule has 122 valence electrons. The Balaban J connectivity index is 1.84. The number of hydrogen-bond donors (Lipinski definition) is 3. The highest BCUT2D eigenvalue weighted by molar-refractivity contribution is 6.41. The van der Waals surface area contributed by atoms with Crippen LogP contribution in [0.15, 0.2) is 54.6 Å². The van der Waals surface area contributed by atoms with E-state index in [9.17, 15) is 9.90 Å². The van der Waals surface area contributed by atoms with Crippen LogP contribution in [-0.2, 0) is 6.54 Å². The van der Waals surface area contributed by atoms with Gasteiger partial charge in [-0.25, -0.2) is 4.79 Å². The van der Waals surface area contributed by atoms with Crippen molar-refractivity contribution in [3.63, 3.8) is 0 Å². The molecule has 4 nitrogen and oxygen atoms in total. The molecule has 0 bridgehead atoms. The number of nitrogens with one attached hydrogen (secondary N) is 2. The van der Waals surface area contributed by atoms with Gasteiger partial charge in [-0.3, -0.25) is 0 Å². The number of aromatic hydroxyl groups is 1. The lowest BCUT2D eigenvalue weighted by molar-refractivity contribution is 0.252. The van der Waals surface area contributed by atoms with Gasteiger partial charge in [-0.15, -0.1) is 0 Å². The van der Waals surface area contributed by atoms with Gasteiger partial charge in [0.2, 0.25) is 0 Å². The van der Waals surface area contributed by atoms with Crippen molar-refractivity contribution in [1.82, 2.24) is 5.32 Å². The number of fused-ring (bicyclic) bond motifs is 1. The average molecular weight is 361 g/mol. The second kappa shape index (κ2) is 6.99. The molecule has 3 N–H and O–H groups in total. The molecule has 0 aliphatic carbocycles. The monoisotopic (exact) mass is 360 g/mol. The van der Waals surface area contributed by atoms with E-state index in [0.717, 1.165) is 5.56 Å². The molecule has 3 aromatic rings. The fourth-order valence-electron chi connectivity index (χ4n) is 2.40. The minimum atomic E-state index is -0.396. The van der Waals surface area contributed by atoms with Gasteiger partial charge < -0.3 is 15.7 Å². The molecule has 0 heterocycles. The number of anilines is 1. The highest BCUT2D eigenvalue weighted by Gasteiger charge is 2.13. The van der Waals surface area contributed by atoms with Crippen LogP contribution in [0.25, 0.3) is 10.8 Å². The SMILES string of the molecule is O=C(NCc1ccccc1)Nc1c(Cl)cc(Cl)c2ccc(O)cc12. The lowest BCUT2D eigenvalue weighted by Gasteiger charge is -2.13. The third kappa shape index (κ3) is 3.55. The summed E-state index contributed by atoms with van der Waals surface area (Å²) in [5.41, 5.74) is 1.38. The van der Waals surface area contributed by atoms with Crippen LogP contribution in [0.4, 0.5) is 10.5 Å². The van der Waals surface area contributed by atoms with E-state index in [1.165, 1.54) is 12.1 Å². The van der Waals surface area contributed by atoms with E-state index in [4.69, 9.17) is 23.2 Å². The number of carbonyl (C=O) groups is 1. The number of phenolic OH excluding ortho intramolecular Hbond substituents is 1. The first-order chi connectivity index (χ1) is 11.5. The zero-order valence-electron chi connectivity index (χ0n) is 12.5. The van der Waals surface area contributed by atoms with Gasteiger partial charge >= 0.3 is 6.03 Å². The smallest absolute Gasteiger partial charge is 0.319 e. The molecule has 0 aliphatic heterocycles. The standard InChI is InChI=1S/C18H14Cl2N2O2/c19-15-9-16(20)17(14-8-12(23)6-7-13(14)15)22-18(24)21-10-11-4-2-1-3-5-11/h1-9,23H,10H2,(H2,21,22,24). The number of amides is 2. The Morgan fingerprint density at radius 2 is 1.71 bits per heavy atom. The van der Waals surface area contributed by atoms with Gasteiger partial charge in [0, 0.05) is 17.3 Å². The van der Waals surface area contributed by atoms with E-state index in [1.807, 2.05) is 30.3 Å². The van der Waals surface area contributed by atoms with Crippen LogP contribution in [0, 0.1) is 0 Å². The Labute approximate surface area is 149 Å². The molecule has 0 fully saturated rings. The molecule has 0 aromatic heterocycles. The minimum Gasteiger partial charge on any atom is -0.508 e. The minimum absolute atomic E-state index is 0.0635. The molecular formula is C18H14Cl2N2O2. The van der Waals surface area contributed by atoms with Crippen LogP contribution in [0.2, 0.25) is 10.0 Å². The van der Waals surface area contributed by atoms with Crippen molar-refractivity contribution >= 4 is 45.7 Å². The summed E-state index contributed by atoms with van der Waals surface area (Å²) in [6.07, 6.45) is 0. The van der Waals surface area contributed by atoms with E-state index in [2.05, 4.69) is 10.6 Å². The van der Waals surface area contributed by atoms with E-state index in [1.54, 1.807) is 12.1 Å². The molecule has 0 saturated carbocycles. The normalized spacial score (nSPS) is 10.6. The van der Waals surface area contributed by atoms with Gasteiger partial charge in [-0.2, -0.15) is 0 Å². The average Bonchev–Trinajstić information content (AvgIpc) is 2.57. The first-order valence-electron chi connectivity index (χ1n) is 7.24. The summed E-state index contributed by atoms with van der Waals surface area (Å²) in [6, 6.07) is 15.4. The van der Waals surface area contributed by atoms with Crippen LogP contribution in [0.3, 0.4) is 0 Å². The van der Waals surface area contributed by atoms with Crippen LogP contribution < -0.4 is 10.6 Å². The van der Waals surface area contributed by atoms with E-state index in [0.29, 0.717) is 33.0 Å². The number of hydrogen-bond acceptors (Lipinski definition) is 2. The van der Waals surface area contributed by atoms with E-state index >= 15 is 0 Å². The lowest BCUT2D eigenvalue weighted by Crippen LogP contribution is -2.28. The maximum absolute atomic E-state index is 12.2. The van der Waals surface area contributed by atoms with Crippen LogP contribution in [0.5, 0.6) is 5.75 Å². The summed E-state index contributed by atoms with van der Waals surface area (Å²) in [5.74, 6) is 0.0635. The summed E-state index contributed by atoms with van der Waals surface area (Å²) in [7, 11) is 0. The van der Waals surface area contributed by atoms with E-state index < -0.39 is 6.03 Å². The third-order valence-corrected chi connectivity index (χ3v) is 4.17. The van der Waals surface area contributed by atoms with Crippen molar-refractivity contribution in [2.24, 2.45) is 0 Å². The molecule has 24 heavy (non-hydrogen) atoms. The lowest BCUT2D eigenvalue weighted by atomic mass is 10.1. The molecule has 2 amide bonds. The van der Waals surface area contributed by atoms with Crippen molar-refractivity contribution in [3.05, 3.63) is 70.2 Å². The Bertz CT molecular complexity index is 898. The Morgan fingerprint density at radius 1 is 0.958 bits per heavy atom. The first kappa shape index (κ1) is 16.4. The zero-order chi connectivity index (χ0) is 17.1. The van der Waals surface area contributed by atoms with Crippen molar-refractivity contribution in [2.45, 2.75) is 6.54 Å². The van der Waals surface area contributed by atoms with Crippen molar-refractivity contribution < 1.29 is 9.90 Å². The van der Waals surface area contributed by atoms with Gasteiger partial charge in [-0.1, -0.05) is 53.5 Å². The van der Waals surface area contributed by atoms with Crippen molar-refractivity contribution in [1.29, 1.82) is 0 Å². The topological polar surface area (TPSA) is 61.4 Å². The number of phenols is 1. The number of urea groups is 1. The van der Waals surface area contributed by atoms with Crippen LogP contribution >= 0.6 is 23.2 Å². The summed E-state index contributed by atoms with van der Waals surface area (Å²) >= 11 is 12.4. The first-order valence-corrected chi connectivity index (χ1v) is 7.99. The van der Waals surface area contributed by atoms with Crippen LogP contribution in [0.1, 0.15) is 5.56 Å². The fourth-order valence-corrected chi connectivity index (χ4v) is 2.99. The summed E-state index contributed by atoms with van der Waals surface area (Å²) in [5, 5.41) is 17.2. The molecule has 0 radical (unpaired) electrons. The quantitative estimate of drug-likeness (QED) is 0.602. The Hall–Kier alpha value is -2.43. The molecule has 3 aromatic carbocycles. The fraction of sp³-hybridized carbons (Fsp3) is 0.0556. The van der Waals surface area contributed by atoms with E-state index in [-0.39, 0.29) is 5.75 Å². The largest absolute Gasteiger partial charge is 0.508 e. The molecule has 0 aliphatic rings. The van der Waals surface area contributed by atoms with Crippen molar-refractivity contribution in [2.75, 3.05) is 5.32 Å². The molecule has 3 rings (SSSR count). The predicted molar refractivity (Wildman–Crippen MR) is 97.9 cm³/mol. The summed E-state index contributed by atoms with van der Waals surface area (Å²) in [4.78, 5) is 12.2. The van der Waals surface area contributed by atoms with Gasteiger partial charge in [0.1, 0.15) is 5.75 Å². The second-order valence-electron chi connectivity index (χ2n) is 5.24. The molecule has 0 saturated heterocycles. The van der Waals surface area contributed by atoms with Crippen LogP contribution in [-0.4, -0.2) is 11.1 Å². The molecule has 0 spiro atoms. The molecular weight excluding hydrogens is 347 g/mol. The number of carbonyl (C=O) groups excluding carboxylic acids is 1. The Morgan fingerprint density at radius 3 is 2.46 bits per heavy atom.